The lowest BCUT2D eigenvalue weighted by molar-refractivity contribution is -0.0659. The van der Waals surface area contributed by atoms with E-state index in [1.165, 1.54) is 5.56 Å². The molecule has 2 aliphatic rings. The lowest BCUT2D eigenvalue weighted by Gasteiger charge is -2.49. The van der Waals surface area contributed by atoms with Crippen LogP contribution in [0.25, 0.3) is 0 Å². The van der Waals surface area contributed by atoms with Crippen molar-refractivity contribution in [2.75, 3.05) is 19.6 Å². The van der Waals surface area contributed by atoms with E-state index in [9.17, 15) is 4.79 Å². The second-order valence-corrected chi connectivity index (χ2v) is 10.3. The molecule has 0 spiro atoms. The maximum atomic E-state index is 16.0. The molecule has 31 heavy (non-hydrogen) atoms. The molecule has 2 aliphatic heterocycles. The normalized spacial score (nSPS) is 29.1. The monoisotopic (exact) mass is 422 g/mol. The van der Waals surface area contributed by atoms with Crippen molar-refractivity contribution >= 4 is 5.91 Å². The van der Waals surface area contributed by atoms with Crippen molar-refractivity contribution in [2.45, 2.75) is 52.4 Å². The lowest BCUT2D eigenvalue weighted by Crippen LogP contribution is -2.56. The number of amides is 1. The zero-order chi connectivity index (χ0) is 22.4. The van der Waals surface area contributed by atoms with Crippen LogP contribution in [0.5, 0.6) is 0 Å². The molecule has 4 atom stereocenters. The van der Waals surface area contributed by atoms with Gasteiger partial charge in [-0.25, -0.2) is 4.39 Å². The van der Waals surface area contributed by atoms with E-state index in [2.05, 4.69) is 49.9 Å². The van der Waals surface area contributed by atoms with Crippen LogP contribution in [0, 0.1) is 17.8 Å². The van der Waals surface area contributed by atoms with Gasteiger partial charge in [0.15, 0.2) is 0 Å². The quantitative estimate of drug-likeness (QED) is 0.634. The maximum absolute atomic E-state index is 16.0. The molecule has 1 fully saturated rings. The molecule has 0 N–H and O–H groups in total. The number of piperidine rings is 1. The molecule has 0 saturated carbocycles. The molecule has 2 aromatic rings. The summed E-state index contributed by atoms with van der Waals surface area (Å²) in [6.45, 7) is 13.0. The van der Waals surface area contributed by atoms with Gasteiger partial charge < -0.3 is 4.90 Å². The minimum atomic E-state index is -1.26. The fourth-order valence-electron chi connectivity index (χ4n) is 5.64. The molecule has 4 unspecified atom stereocenters. The zero-order valence-corrected chi connectivity index (χ0v) is 19.4. The molecule has 2 heterocycles. The standard InChI is InChI=1S/C27H35FN2O/c1-19(15-30-25(31)22-13-9-10-14-23(22)26(30,3)4)24-18-29(16-20(2)27(24,5)28)17-21-11-7-6-8-12-21/h6-14,19-20,24H,15-18H2,1-5H3. The molecular weight excluding hydrogens is 387 g/mol. The van der Waals surface area contributed by atoms with Gasteiger partial charge in [0.05, 0.1) is 5.54 Å². The number of hydrogen-bond donors (Lipinski definition) is 0. The molecule has 4 rings (SSSR count). The van der Waals surface area contributed by atoms with Crippen molar-refractivity contribution < 1.29 is 9.18 Å². The van der Waals surface area contributed by atoms with Gasteiger partial charge in [-0.3, -0.25) is 9.69 Å². The molecule has 0 radical (unpaired) electrons. The Balaban J connectivity index is 1.53. The Bertz CT molecular complexity index is 939. The second-order valence-electron chi connectivity index (χ2n) is 10.3. The molecule has 1 saturated heterocycles. The first kappa shape index (κ1) is 22.0. The van der Waals surface area contributed by atoms with Crippen molar-refractivity contribution in [1.82, 2.24) is 9.80 Å². The molecule has 0 bridgehead atoms. The van der Waals surface area contributed by atoms with Gasteiger partial charge in [0.1, 0.15) is 5.67 Å². The minimum Gasteiger partial charge on any atom is -0.329 e. The Morgan fingerprint density at radius 3 is 2.35 bits per heavy atom. The highest BCUT2D eigenvalue weighted by Gasteiger charge is 2.49. The molecule has 166 valence electrons. The molecule has 4 heteroatoms. The molecular formula is C27H35FN2O. The predicted octanol–water partition coefficient (Wildman–Crippen LogP) is 5.51. The number of rotatable bonds is 5. The Kier molecular flexibility index (Phi) is 5.72. The summed E-state index contributed by atoms with van der Waals surface area (Å²) in [4.78, 5) is 17.5. The van der Waals surface area contributed by atoms with E-state index in [0.717, 1.165) is 24.2 Å². The van der Waals surface area contributed by atoms with E-state index >= 15 is 4.39 Å². The summed E-state index contributed by atoms with van der Waals surface area (Å²) < 4.78 is 16.0. The maximum Gasteiger partial charge on any atom is 0.254 e. The van der Waals surface area contributed by atoms with Crippen molar-refractivity contribution in [3.8, 4) is 0 Å². The number of hydrogen-bond acceptors (Lipinski definition) is 2. The van der Waals surface area contributed by atoms with Crippen molar-refractivity contribution in [1.29, 1.82) is 0 Å². The highest BCUT2D eigenvalue weighted by atomic mass is 19.1. The summed E-state index contributed by atoms with van der Waals surface area (Å²) in [6, 6.07) is 18.3. The summed E-state index contributed by atoms with van der Waals surface area (Å²) in [5.74, 6) is -0.0734. The molecule has 0 aromatic heterocycles. The summed E-state index contributed by atoms with van der Waals surface area (Å²) in [7, 11) is 0. The van der Waals surface area contributed by atoms with E-state index < -0.39 is 5.67 Å². The molecule has 1 amide bonds. The van der Waals surface area contributed by atoms with Gasteiger partial charge >= 0.3 is 0 Å². The number of fused-ring (bicyclic) bond motifs is 1. The second kappa shape index (κ2) is 8.05. The van der Waals surface area contributed by atoms with Crippen molar-refractivity contribution in [2.24, 2.45) is 17.8 Å². The van der Waals surface area contributed by atoms with Gasteiger partial charge in [0.2, 0.25) is 0 Å². The fourth-order valence-corrected chi connectivity index (χ4v) is 5.64. The highest BCUT2D eigenvalue weighted by Crippen LogP contribution is 2.44. The Morgan fingerprint density at radius 2 is 1.68 bits per heavy atom. The van der Waals surface area contributed by atoms with E-state index in [1.807, 2.05) is 42.2 Å². The smallest absolute Gasteiger partial charge is 0.254 e. The van der Waals surface area contributed by atoms with Gasteiger partial charge in [-0.2, -0.15) is 0 Å². The third-order valence-corrected chi connectivity index (χ3v) is 7.82. The zero-order valence-electron chi connectivity index (χ0n) is 19.4. The summed E-state index contributed by atoms with van der Waals surface area (Å²) in [5.41, 5.74) is 1.48. The van der Waals surface area contributed by atoms with Gasteiger partial charge in [-0.15, -0.1) is 0 Å². The summed E-state index contributed by atoms with van der Waals surface area (Å²) in [6.07, 6.45) is 0. The van der Waals surface area contributed by atoms with Gasteiger partial charge in [-0.1, -0.05) is 62.4 Å². The number of nitrogens with zero attached hydrogens (tertiary/aromatic N) is 2. The molecule has 2 aromatic carbocycles. The van der Waals surface area contributed by atoms with Crippen LogP contribution in [-0.2, 0) is 12.1 Å². The average Bonchev–Trinajstić information content (AvgIpc) is 2.92. The number of alkyl halides is 1. The van der Waals surface area contributed by atoms with E-state index in [0.29, 0.717) is 13.1 Å². The topological polar surface area (TPSA) is 23.6 Å². The number of carbonyl (C=O) groups is 1. The van der Waals surface area contributed by atoms with Crippen LogP contribution in [-0.4, -0.2) is 41.0 Å². The predicted molar refractivity (Wildman–Crippen MR) is 124 cm³/mol. The van der Waals surface area contributed by atoms with Crippen LogP contribution in [0.2, 0.25) is 0 Å². The van der Waals surface area contributed by atoms with E-state index in [1.54, 1.807) is 6.92 Å². The third-order valence-electron chi connectivity index (χ3n) is 7.82. The largest absolute Gasteiger partial charge is 0.329 e. The SMILES string of the molecule is CC(CN1C(=O)c2ccccc2C1(C)C)C1CN(Cc2ccccc2)CC(C)C1(C)F. The van der Waals surface area contributed by atoms with Crippen LogP contribution in [0.3, 0.4) is 0 Å². The highest BCUT2D eigenvalue weighted by molar-refractivity contribution is 5.99. The number of carbonyl (C=O) groups excluding carboxylic acids is 1. The van der Waals surface area contributed by atoms with Gasteiger partial charge in [0.25, 0.3) is 5.91 Å². The molecule has 0 aliphatic carbocycles. The fraction of sp³-hybridized carbons (Fsp3) is 0.519. The van der Waals surface area contributed by atoms with Crippen LogP contribution in [0.15, 0.2) is 54.6 Å². The first-order chi connectivity index (χ1) is 14.6. The summed E-state index contributed by atoms with van der Waals surface area (Å²) >= 11 is 0. The third kappa shape index (κ3) is 3.91. The minimum absolute atomic E-state index is 0.0496. The average molecular weight is 423 g/mol. The van der Waals surface area contributed by atoms with E-state index in [4.69, 9.17) is 0 Å². The Morgan fingerprint density at radius 1 is 1.03 bits per heavy atom. The van der Waals surface area contributed by atoms with Crippen molar-refractivity contribution in [3.63, 3.8) is 0 Å². The number of halogens is 1. The van der Waals surface area contributed by atoms with Crippen molar-refractivity contribution in [3.05, 3.63) is 71.3 Å². The summed E-state index contributed by atoms with van der Waals surface area (Å²) in [5, 5.41) is 0. The number of benzene rings is 2. The van der Waals surface area contributed by atoms with Gasteiger partial charge in [-0.05, 0) is 43.9 Å². The number of likely N-dealkylation sites (tertiary alicyclic amines) is 1. The Labute approximate surface area is 186 Å². The molecule has 3 nitrogen and oxygen atoms in total. The van der Waals surface area contributed by atoms with Crippen LogP contribution < -0.4 is 0 Å². The first-order valence-electron chi connectivity index (χ1n) is 11.5. The van der Waals surface area contributed by atoms with Crippen LogP contribution in [0.4, 0.5) is 4.39 Å². The van der Waals surface area contributed by atoms with Crippen LogP contribution >= 0.6 is 0 Å². The first-order valence-corrected chi connectivity index (χ1v) is 11.5. The Hall–Kier alpha value is -2.20. The van der Waals surface area contributed by atoms with Gasteiger partial charge in [0, 0.05) is 43.6 Å². The van der Waals surface area contributed by atoms with Crippen LogP contribution in [0.1, 0.15) is 56.1 Å². The van der Waals surface area contributed by atoms with E-state index in [-0.39, 0.29) is 29.2 Å². The lowest BCUT2D eigenvalue weighted by atomic mass is 9.71.